The van der Waals surface area contributed by atoms with E-state index in [1.807, 2.05) is 5.51 Å². The van der Waals surface area contributed by atoms with Gasteiger partial charge in [-0.15, -0.1) is 11.3 Å². The molecule has 1 atom stereocenters. The lowest BCUT2D eigenvalue weighted by Crippen LogP contribution is -2.32. The summed E-state index contributed by atoms with van der Waals surface area (Å²) in [7, 11) is 0. The van der Waals surface area contributed by atoms with Crippen LogP contribution in [0.4, 0.5) is 0 Å². The van der Waals surface area contributed by atoms with E-state index in [4.69, 9.17) is 0 Å². The zero-order valence-corrected chi connectivity index (χ0v) is 10.9. The van der Waals surface area contributed by atoms with Gasteiger partial charge in [0, 0.05) is 17.5 Å². The van der Waals surface area contributed by atoms with E-state index in [1.54, 1.807) is 11.3 Å². The van der Waals surface area contributed by atoms with Gasteiger partial charge in [0.2, 0.25) is 0 Å². The van der Waals surface area contributed by atoms with Crippen LogP contribution in [0.3, 0.4) is 0 Å². The smallest absolute Gasteiger partial charge is 0.0795 e. The van der Waals surface area contributed by atoms with Crippen molar-refractivity contribution in [3.05, 3.63) is 16.6 Å². The van der Waals surface area contributed by atoms with Gasteiger partial charge in [0.25, 0.3) is 0 Å². The Morgan fingerprint density at radius 2 is 1.94 bits per heavy atom. The Bertz CT molecular complexity index is 276. The van der Waals surface area contributed by atoms with Crippen LogP contribution in [0.15, 0.2) is 10.9 Å². The van der Waals surface area contributed by atoms with Crippen molar-refractivity contribution in [1.82, 2.24) is 10.3 Å². The van der Waals surface area contributed by atoms with Crippen LogP contribution in [0.5, 0.6) is 0 Å². The molecule has 1 N–H and O–H groups in total. The normalized spacial score (nSPS) is 21.3. The summed E-state index contributed by atoms with van der Waals surface area (Å²) in [5, 5.41) is 5.89. The molecule has 0 aromatic carbocycles. The molecule has 1 saturated carbocycles. The molecule has 0 radical (unpaired) electrons. The van der Waals surface area contributed by atoms with E-state index in [-0.39, 0.29) is 0 Å². The lowest BCUT2D eigenvalue weighted by molar-refractivity contribution is 0.360. The van der Waals surface area contributed by atoms with Gasteiger partial charge in [0.15, 0.2) is 0 Å². The first-order valence-electron chi connectivity index (χ1n) is 6.50. The summed E-state index contributed by atoms with van der Waals surface area (Å²) < 4.78 is 0. The predicted molar refractivity (Wildman–Crippen MR) is 69.8 cm³/mol. The van der Waals surface area contributed by atoms with Crippen LogP contribution in [0.25, 0.3) is 0 Å². The molecule has 1 unspecified atom stereocenters. The molecule has 2 nitrogen and oxygen atoms in total. The van der Waals surface area contributed by atoms with Crippen molar-refractivity contribution < 1.29 is 0 Å². The zero-order chi connectivity index (χ0) is 11.2. The van der Waals surface area contributed by atoms with Crippen LogP contribution >= 0.6 is 11.3 Å². The average molecular weight is 238 g/mol. The van der Waals surface area contributed by atoms with Gasteiger partial charge >= 0.3 is 0 Å². The monoisotopic (exact) mass is 238 g/mol. The highest BCUT2D eigenvalue weighted by molar-refractivity contribution is 7.07. The number of aromatic nitrogens is 1. The number of rotatable bonds is 3. The lowest BCUT2D eigenvalue weighted by Gasteiger charge is -2.24. The Labute approximate surface area is 102 Å². The Balaban J connectivity index is 1.82. The van der Waals surface area contributed by atoms with E-state index in [2.05, 4.69) is 22.6 Å². The number of hydrogen-bond donors (Lipinski definition) is 1. The van der Waals surface area contributed by atoms with Crippen molar-refractivity contribution in [3.8, 4) is 0 Å². The van der Waals surface area contributed by atoms with Crippen molar-refractivity contribution in [2.75, 3.05) is 0 Å². The van der Waals surface area contributed by atoms with Crippen molar-refractivity contribution in [2.24, 2.45) is 0 Å². The predicted octanol–water partition coefficient (Wildman–Crippen LogP) is 3.91. The largest absolute Gasteiger partial charge is 0.306 e. The van der Waals surface area contributed by atoms with Gasteiger partial charge in [0.05, 0.1) is 11.2 Å². The summed E-state index contributed by atoms with van der Waals surface area (Å²) in [6.45, 7) is 2.23. The third-order valence-electron chi connectivity index (χ3n) is 3.49. The van der Waals surface area contributed by atoms with Gasteiger partial charge in [-0.2, -0.15) is 0 Å². The molecule has 0 saturated heterocycles. The molecule has 3 heteroatoms. The standard InChI is InChI=1S/C13H22N2S/c1-11(13-9-16-10-14-13)15-12-7-5-3-2-4-6-8-12/h9-12,15H,2-8H2,1H3. The van der Waals surface area contributed by atoms with Crippen LogP contribution in [0.2, 0.25) is 0 Å². The molecular weight excluding hydrogens is 216 g/mol. The molecule has 16 heavy (non-hydrogen) atoms. The maximum Gasteiger partial charge on any atom is 0.0795 e. The van der Waals surface area contributed by atoms with Crippen LogP contribution in [0.1, 0.15) is 63.6 Å². The lowest BCUT2D eigenvalue weighted by atomic mass is 9.96. The zero-order valence-electron chi connectivity index (χ0n) is 10.1. The first-order chi connectivity index (χ1) is 7.86. The maximum absolute atomic E-state index is 4.38. The third-order valence-corrected chi connectivity index (χ3v) is 4.09. The highest BCUT2D eigenvalue weighted by Gasteiger charge is 2.15. The number of thiazole rings is 1. The summed E-state index contributed by atoms with van der Waals surface area (Å²) >= 11 is 1.69. The Morgan fingerprint density at radius 3 is 2.56 bits per heavy atom. The van der Waals surface area contributed by atoms with Crippen LogP contribution in [-0.4, -0.2) is 11.0 Å². The van der Waals surface area contributed by atoms with E-state index in [0.717, 1.165) is 0 Å². The van der Waals surface area contributed by atoms with Gasteiger partial charge in [-0.25, -0.2) is 4.98 Å². The third kappa shape index (κ3) is 3.56. The minimum atomic E-state index is 0.413. The van der Waals surface area contributed by atoms with E-state index in [9.17, 15) is 0 Å². The van der Waals surface area contributed by atoms with Gasteiger partial charge in [-0.3, -0.25) is 0 Å². The van der Waals surface area contributed by atoms with Crippen molar-refractivity contribution in [2.45, 2.75) is 64.0 Å². The number of nitrogens with zero attached hydrogens (tertiary/aromatic N) is 1. The molecule has 1 aromatic heterocycles. The van der Waals surface area contributed by atoms with E-state index in [0.29, 0.717) is 12.1 Å². The van der Waals surface area contributed by atoms with E-state index in [1.165, 1.54) is 50.6 Å². The molecule has 2 rings (SSSR count). The molecule has 0 amide bonds. The second-order valence-corrected chi connectivity index (χ2v) is 5.56. The Kier molecular flexibility index (Phi) is 4.79. The molecule has 0 aliphatic heterocycles. The van der Waals surface area contributed by atoms with E-state index < -0.39 is 0 Å². The summed E-state index contributed by atoms with van der Waals surface area (Å²) in [6, 6.07) is 1.12. The molecule has 1 heterocycles. The molecule has 0 spiro atoms. The summed E-state index contributed by atoms with van der Waals surface area (Å²) in [5.74, 6) is 0. The van der Waals surface area contributed by atoms with Crippen molar-refractivity contribution in [3.63, 3.8) is 0 Å². The Morgan fingerprint density at radius 1 is 1.25 bits per heavy atom. The minimum Gasteiger partial charge on any atom is -0.306 e. The fourth-order valence-corrected chi connectivity index (χ4v) is 3.15. The summed E-state index contributed by atoms with van der Waals surface area (Å²) in [6.07, 6.45) is 9.74. The molecule has 1 aromatic rings. The van der Waals surface area contributed by atoms with Crippen molar-refractivity contribution >= 4 is 11.3 Å². The highest BCUT2D eigenvalue weighted by Crippen LogP contribution is 2.20. The quantitative estimate of drug-likeness (QED) is 0.863. The molecule has 0 bridgehead atoms. The minimum absolute atomic E-state index is 0.413. The molecule has 1 aliphatic rings. The van der Waals surface area contributed by atoms with Crippen molar-refractivity contribution in [1.29, 1.82) is 0 Å². The summed E-state index contributed by atoms with van der Waals surface area (Å²) in [5.41, 5.74) is 3.12. The summed E-state index contributed by atoms with van der Waals surface area (Å²) in [4.78, 5) is 4.38. The maximum atomic E-state index is 4.38. The van der Waals surface area contributed by atoms with Crippen LogP contribution in [0, 0.1) is 0 Å². The van der Waals surface area contributed by atoms with Gasteiger partial charge < -0.3 is 5.32 Å². The fraction of sp³-hybridized carbons (Fsp3) is 0.769. The van der Waals surface area contributed by atoms with Gasteiger partial charge in [-0.05, 0) is 19.8 Å². The second kappa shape index (κ2) is 6.36. The van der Waals surface area contributed by atoms with Crippen LogP contribution < -0.4 is 5.32 Å². The van der Waals surface area contributed by atoms with E-state index >= 15 is 0 Å². The Hall–Kier alpha value is -0.410. The van der Waals surface area contributed by atoms with Crippen LogP contribution in [-0.2, 0) is 0 Å². The SMILES string of the molecule is CC(NC1CCCCCCC1)c1cscn1. The average Bonchev–Trinajstić information content (AvgIpc) is 2.74. The molecular formula is C13H22N2S. The molecule has 90 valence electrons. The number of nitrogens with one attached hydrogen (secondary N) is 1. The topological polar surface area (TPSA) is 24.9 Å². The first kappa shape index (κ1) is 12.1. The molecule has 1 aliphatic carbocycles. The highest BCUT2D eigenvalue weighted by atomic mass is 32.1. The van der Waals surface area contributed by atoms with Gasteiger partial charge in [-0.1, -0.05) is 32.1 Å². The fourth-order valence-electron chi connectivity index (χ4n) is 2.50. The van der Waals surface area contributed by atoms with Gasteiger partial charge in [0.1, 0.15) is 0 Å². The molecule has 1 fully saturated rings. The second-order valence-electron chi connectivity index (χ2n) is 4.84. The first-order valence-corrected chi connectivity index (χ1v) is 7.44. The number of hydrogen-bond acceptors (Lipinski definition) is 3.